The van der Waals surface area contributed by atoms with Crippen LogP contribution in [0.5, 0.6) is 0 Å². The van der Waals surface area contributed by atoms with Gasteiger partial charge >= 0.3 is 0 Å². The average Bonchev–Trinajstić information content (AvgIpc) is 2.43. The summed E-state index contributed by atoms with van der Waals surface area (Å²) in [5.74, 6) is 0.197. The van der Waals surface area contributed by atoms with Gasteiger partial charge in [-0.15, -0.1) is 11.3 Å². The number of Topliss-reactive ketones (excluding diaryl/α,β-unsaturated/α-hetero) is 1. The highest BCUT2D eigenvalue weighted by molar-refractivity contribution is 7.13. The number of carbonyl (C=O) groups is 1. The van der Waals surface area contributed by atoms with Gasteiger partial charge in [0.05, 0.1) is 5.69 Å². The summed E-state index contributed by atoms with van der Waals surface area (Å²) < 4.78 is 0. The topological polar surface area (TPSA) is 30.0 Å². The van der Waals surface area contributed by atoms with E-state index in [1.807, 2.05) is 13.8 Å². The molecule has 0 aliphatic rings. The lowest BCUT2D eigenvalue weighted by molar-refractivity contribution is 0.0979. The van der Waals surface area contributed by atoms with Crippen LogP contribution in [0.4, 0.5) is 0 Å². The summed E-state index contributed by atoms with van der Waals surface area (Å²) in [6.07, 6.45) is 2.68. The van der Waals surface area contributed by atoms with E-state index in [0.717, 1.165) is 23.4 Å². The fourth-order valence-corrected chi connectivity index (χ4v) is 1.92. The maximum Gasteiger partial charge on any atom is 0.191 e. The Morgan fingerprint density at radius 3 is 2.62 bits per heavy atom. The Morgan fingerprint density at radius 1 is 1.46 bits per heavy atom. The van der Waals surface area contributed by atoms with Gasteiger partial charge in [0.15, 0.2) is 10.8 Å². The molecule has 1 heterocycles. The molecule has 0 saturated heterocycles. The van der Waals surface area contributed by atoms with Crippen molar-refractivity contribution in [3.63, 3.8) is 0 Å². The van der Waals surface area contributed by atoms with E-state index in [4.69, 9.17) is 0 Å². The molecule has 1 rings (SSSR count). The maximum atomic E-state index is 11.5. The van der Waals surface area contributed by atoms with Crippen LogP contribution in [0.1, 0.15) is 46.6 Å². The zero-order valence-corrected chi connectivity index (χ0v) is 9.20. The van der Waals surface area contributed by atoms with Gasteiger partial charge in [-0.3, -0.25) is 4.79 Å². The second kappa shape index (κ2) is 4.51. The summed E-state index contributed by atoms with van der Waals surface area (Å²) in [5, 5.41) is 0.684. The van der Waals surface area contributed by atoms with Crippen LogP contribution in [-0.4, -0.2) is 10.8 Å². The fraction of sp³-hybridized carbons (Fsp3) is 0.600. The van der Waals surface area contributed by atoms with E-state index in [-0.39, 0.29) is 5.78 Å². The Labute approximate surface area is 83.0 Å². The normalized spacial score (nSPS) is 10.4. The van der Waals surface area contributed by atoms with Crippen LogP contribution >= 0.6 is 11.3 Å². The lowest BCUT2D eigenvalue weighted by Crippen LogP contribution is -1.97. The summed E-state index contributed by atoms with van der Waals surface area (Å²) in [5.41, 5.74) is 0.991. The molecular formula is C10H15NOS. The first-order chi connectivity index (χ1) is 6.15. The zero-order chi connectivity index (χ0) is 9.84. The van der Waals surface area contributed by atoms with Crippen molar-refractivity contribution in [3.05, 3.63) is 15.6 Å². The van der Waals surface area contributed by atoms with Crippen LogP contribution in [0, 0.1) is 13.8 Å². The van der Waals surface area contributed by atoms with Crippen LogP contribution in [-0.2, 0) is 0 Å². The van der Waals surface area contributed by atoms with Gasteiger partial charge in [-0.1, -0.05) is 13.3 Å². The van der Waals surface area contributed by atoms with E-state index >= 15 is 0 Å². The Kier molecular flexibility index (Phi) is 3.60. The molecule has 13 heavy (non-hydrogen) atoms. The molecule has 0 saturated carbocycles. The minimum Gasteiger partial charge on any atom is -0.292 e. The number of unbranched alkanes of at least 4 members (excludes halogenated alkanes) is 1. The number of hydrogen-bond donors (Lipinski definition) is 0. The van der Waals surface area contributed by atoms with Gasteiger partial charge in [0, 0.05) is 11.3 Å². The lowest BCUT2D eigenvalue weighted by Gasteiger charge is -1.92. The van der Waals surface area contributed by atoms with Gasteiger partial charge in [0.1, 0.15) is 0 Å². The average molecular weight is 197 g/mol. The molecule has 72 valence electrons. The molecule has 0 N–H and O–H groups in total. The van der Waals surface area contributed by atoms with E-state index < -0.39 is 0 Å². The van der Waals surface area contributed by atoms with Crippen molar-refractivity contribution in [3.8, 4) is 0 Å². The summed E-state index contributed by atoms with van der Waals surface area (Å²) in [6, 6.07) is 0. The second-order valence-electron chi connectivity index (χ2n) is 3.19. The molecule has 2 nitrogen and oxygen atoms in total. The van der Waals surface area contributed by atoms with Crippen LogP contribution in [0.25, 0.3) is 0 Å². The highest BCUT2D eigenvalue weighted by Gasteiger charge is 2.11. The number of nitrogens with zero attached hydrogens (tertiary/aromatic N) is 1. The van der Waals surface area contributed by atoms with Gasteiger partial charge in [0.2, 0.25) is 0 Å². The minimum atomic E-state index is 0.197. The molecule has 0 amide bonds. The van der Waals surface area contributed by atoms with Gasteiger partial charge in [-0.25, -0.2) is 4.98 Å². The number of aromatic nitrogens is 1. The van der Waals surface area contributed by atoms with E-state index in [1.165, 1.54) is 11.3 Å². The fourth-order valence-electron chi connectivity index (χ4n) is 1.04. The Bertz CT molecular complexity index is 284. The Morgan fingerprint density at radius 2 is 2.15 bits per heavy atom. The molecular weight excluding hydrogens is 182 g/mol. The molecule has 0 aromatic carbocycles. The highest BCUT2D eigenvalue weighted by Crippen LogP contribution is 2.18. The standard InChI is InChI=1S/C10H15NOS/c1-4-5-6-9(12)10-11-7(2)8(3)13-10/h4-6H2,1-3H3. The molecule has 0 bridgehead atoms. The Hall–Kier alpha value is -0.700. The van der Waals surface area contributed by atoms with Crippen LogP contribution in [0.15, 0.2) is 0 Å². The van der Waals surface area contributed by atoms with E-state index in [2.05, 4.69) is 11.9 Å². The quantitative estimate of drug-likeness (QED) is 0.694. The molecule has 0 aliphatic carbocycles. The van der Waals surface area contributed by atoms with E-state index in [1.54, 1.807) is 0 Å². The summed E-state index contributed by atoms with van der Waals surface area (Å²) >= 11 is 1.51. The molecule has 3 heteroatoms. The van der Waals surface area contributed by atoms with Crippen molar-refractivity contribution in [2.75, 3.05) is 0 Å². The third kappa shape index (κ3) is 2.62. The van der Waals surface area contributed by atoms with Gasteiger partial charge < -0.3 is 0 Å². The SMILES string of the molecule is CCCCC(=O)c1nc(C)c(C)s1. The lowest BCUT2D eigenvalue weighted by atomic mass is 10.2. The van der Waals surface area contributed by atoms with E-state index in [9.17, 15) is 4.79 Å². The summed E-state index contributed by atoms with van der Waals surface area (Å²) in [7, 11) is 0. The predicted molar refractivity (Wildman–Crippen MR) is 55.4 cm³/mol. The first-order valence-electron chi connectivity index (χ1n) is 4.62. The number of thiazole rings is 1. The zero-order valence-electron chi connectivity index (χ0n) is 8.39. The van der Waals surface area contributed by atoms with Crippen molar-refractivity contribution in [2.24, 2.45) is 0 Å². The molecule has 0 atom stereocenters. The summed E-state index contributed by atoms with van der Waals surface area (Å²) in [6.45, 7) is 6.04. The number of rotatable bonds is 4. The minimum absolute atomic E-state index is 0.197. The van der Waals surface area contributed by atoms with Gasteiger partial charge in [-0.05, 0) is 20.3 Å². The number of carbonyl (C=O) groups excluding carboxylic acids is 1. The molecule has 0 fully saturated rings. The third-order valence-electron chi connectivity index (χ3n) is 2.02. The summed E-state index contributed by atoms with van der Waals surface area (Å²) in [4.78, 5) is 16.9. The highest BCUT2D eigenvalue weighted by atomic mass is 32.1. The van der Waals surface area contributed by atoms with Gasteiger partial charge in [0.25, 0.3) is 0 Å². The Balaban J connectivity index is 2.66. The molecule has 0 radical (unpaired) electrons. The largest absolute Gasteiger partial charge is 0.292 e. The van der Waals surface area contributed by atoms with Crippen molar-refractivity contribution < 1.29 is 4.79 Å². The number of hydrogen-bond acceptors (Lipinski definition) is 3. The first kappa shape index (κ1) is 10.4. The molecule has 0 unspecified atom stereocenters. The predicted octanol–water partition coefficient (Wildman–Crippen LogP) is 3.13. The van der Waals surface area contributed by atoms with Crippen molar-refractivity contribution in [1.82, 2.24) is 4.98 Å². The van der Waals surface area contributed by atoms with Crippen LogP contribution in [0.2, 0.25) is 0 Å². The van der Waals surface area contributed by atoms with Crippen molar-refractivity contribution >= 4 is 17.1 Å². The van der Waals surface area contributed by atoms with Crippen LogP contribution < -0.4 is 0 Å². The smallest absolute Gasteiger partial charge is 0.191 e. The third-order valence-corrected chi connectivity index (χ3v) is 3.14. The molecule has 0 aliphatic heterocycles. The van der Waals surface area contributed by atoms with Crippen molar-refractivity contribution in [1.29, 1.82) is 0 Å². The van der Waals surface area contributed by atoms with E-state index in [0.29, 0.717) is 11.4 Å². The van der Waals surface area contributed by atoms with Crippen LogP contribution in [0.3, 0.4) is 0 Å². The molecule has 1 aromatic rings. The molecule has 1 aromatic heterocycles. The van der Waals surface area contributed by atoms with Crippen molar-refractivity contribution in [2.45, 2.75) is 40.0 Å². The number of aryl methyl sites for hydroxylation is 2. The first-order valence-corrected chi connectivity index (χ1v) is 5.44. The molecule has 0 spiro atoms. The van der Waals surface area contributed by atoms with Gasteiger partial charge in [-0.2, -0.15) is 0 Å². The second-order valence-corrected chi connectivity index (χ2v) is 4.39. The monoisotopic (exact) mass is 197 g/mol. The number of ketones is 1. The maximum absolute atomic E-state index is 11.5.